The third-order valence-corrected chi connectivity index (χ3v) is 11.4. The molecular formula is C10H18OSi. The van der Waals surface area contributed by atoms with Crippen molar-refractivity contribution in [3.05, 3.63) is 0 Å². The smallest absolute Gasteiger partial charge is 0.204 e. The summed E-state index contributed by atoms with van der Waals surface area (Å²) in [7, 11) is 0.830. The van der Waals surface area contributed by atoms with Crippen molar-refractivity contribution >= 4 is 8.32 Å². The maximum Gasteiger partial charge on any atom is 0.204 e. The molecule has 0 saturated carbocycles. The minimum absolute atomic E-state index is 0.720. The minimum Gasteiger partial charge on any atom is -0.419 e. The Bertz CT molecular complexity index is 212. The zero-order chi connectivity index (χ0) is 8.40. The summed E-state index contributed by atoms with van der Waals surface area (Å²) in [5.41, 5.74) is 2.11. The van der Waals surface area contributed by atoms with Crippen LogP contribution in [0.5, 0.6) is 0 Å². The van der Waals surface area contributed by atoms with E-state index in [0.29, 0.717) is 0 Å². The van der Waals surface area contributed by atoms with Gasteiger partial charge in [-0.15, -0.1) is 0 Å². The van der Waals surface area contributed by atoms with Crippen molar-refractivity contribution in [3.63, 3.8) is 0 Å². The van der Waals surface area contributed by atoms with Crippen LogP contribution >= 0.6 is 0 Å². The molecule has 0 spiro atoms. The van der Waals surface area contributed by atoms with Gasteiger partial charge in [-0.3, -0.25) is 0 Å². The number of hydrogen-bond acceptors (Lipinski definition) is 1. The van der Waals surface area contributed by atoms with Gasteiger partial charge in [-0.2, -0.15) is 0 Å². The Morgan fingerprint density at radius 3 is 2.17 bits per heavy atom. The summed E-state index contributed by atoms with van der Waals surface area (Å²) < 4.78 is 5.98. The zero-order valence-corrected chi connectivity index (χ0v) is 9.10. The van der Waals surface area contributed by atoms with Crippen LogP contribution in [0.2, 0.25) is 16.1 Å². The van der Waals surface area contributed by atoms with E-state index in [2.05, 4.69) is 6.92 Å². The predicted molar refractivity (Wildman–Crippen MR) is 51.7 cm³/mol. The largest absolute Gasteiger partial charge is 0.419 e. The Kier molecular flexibility index (Phi) is 1.25. The van der Waals surface area contributed by atoms with Gasteiger partial charge in [0.25, 0.3) is 0 Å². The average molecular weight is 182 g/mol. The highest BCUT2D eigenvalue weighted by Crippen LogP contribution is 2.81. The van der Waals surface area contributed by atoms with Crippen LogP contribution in [0.15, 0.2) is 0 Å². The Labute approximate surface area is 75.6 Å². The summed E-state index contributed by atoms with van der Waals surface area (Å²) in [5, 5.41) is 0.720. The molecule has 3 saturated heterocycles. The summed E-state index contributed by atoms with van der Waals surface area (Å²) in [4.78, 5) is 0. The average Bonchev–Trinajstić information content (AvgIpc) is 2.00. The molecule has 0 aliphatic carbocycles. The number of hydrogen-bond donors (Lipinski definition) is 0. The minimum atomic E-state index is -1.16. The lowest BCUT2D eigenvalue weighted by molar-refractivity contribution is 0.148. The molecule has 2 heteroatoms. The summed E-state index contributed by atoms with van der Waals surface area (Å²) >= 11 is 0. The molecule has 12 heavy (non-hydrogen) atoms. The lowest BCUT2D eigenvalue weighted by Gasteiger charge is -2.74. The number of rotatable bonds is 1. The van der Waals surface area contributed by atoms with Crippen LogP contribution in [0.3, 0.4) is 0 Å². The molecular weight excluding hydrogens is 164 g/mol. The third-order valence-electron chi connectivity index (χ3n) is 4.99. The summed E-state index contributed by atoms with van der Waals surface area (Å²) in [5.74, 6) is 0. The van der Waals surface area contributed by atoms with Gasteiger partial charge < -0.3 is 4.43 Å². The van der Waals surface area contributed by atoms with Gasteiger partial charge in [-0.25, -0.2) is 0 Å². The van der Waals surface area contributed by atoms with Gasteiger partial charge in [-0.1, -0.05) is 26.2 Å². The van der Waals surface area contributed by atoms with Crippen LogP contribution in [0, 0.1) is 0 Å². The first-order valence-electron chi connectivity index (χ1n) is 5.28. The van der Waals surface area contributed by atoms with Crippen molar-refractivity contribution in [1.29, 1.82) is 0 Å². The van der Waals surface area contributed by atoms with Crippen LogP contribution in [-0.2, 0) is 4.43 Å². The van der Waals surface area contributed by atoms with Crippen LogP contribution in [-0.4, -0.2) is 15.4 Å². The van der Waals surface area contributed by atoms with Crippen molar-refractivity contribution in [2.24, 2.45) is 0 Å². The van der Waals surface area contributed by atoms with Crippen molar-refractivity contribution in [2.75, 3.05) is 7.11 Å². The molecule has 3 aliphatic rings. The Morgan fingerprint density at radius 2 is 1.83 bits per heavy atom. The van der Waals surface area contributed by atoms with Gasteiger partial charge in [0.2, 0.25) is 8.32 Å². The maximum absolute atomic E-state index is 5.98. The first-order chi connectivity index (χ1) is 5.73. The lowest BCUT2D eigenvalue weighted by Crippen LogP contribution is -2.73. The second-order valence-corrected chi connectivity index (χ2v) is 10.1. The van der Waals surface area contributed by atoms with Crippen LogP contribution < -0.4 is 0 Å². The van der Waals surface area contributed by atoms with E-state index in [1.807, 2.05) is 7.11 Å². The molecule has 1 nitrogen and oxygen atoms in total. The molecule has 0 aromatic heterocycles. The van der Waals surface area contributed by atoms with Crippen molar-refractivity contribution in [3.8, 4) is 0 Å². The zero-order valence-electron chi connectivity index (χ0n) is 8.10. The fourth-order valence-corrected chi connectivity index (χ4v) is 11.6. The Hall–Kier alpha value is 0.177. The van der Waals surface area contributed by atoms with Crippen LogP contribution in [0.25, 0.3) is 0 Å². The van der Waals surface area contributed by atoms with Gasteiger partial charge in [0.1, 0.15) is 0 Å². The molecule has 3 rings (SSSR count). The van der Waals surface area contributed by atoms with E-state index >= 15 is 0 Å². The molecule has 0 N–H and O–H groups in total. The summed E-state index contributed by atoms with van der Waals surface area (Å²) in [6.07, 6.45) is 7.48. The monoisotopic (exact) mass is 182 g/mol. The fourth-order valence-electron chi connectivity index (χ4n) is 4.67. The lowest BCUT2D eigenvalue weighted by atomic mass is 9.86. The highest BCUT2D eigenvalue weighted by Gasteiger charge is 2.77. The van der Waals surface area contributed by atoms with E-state index in [-0.39, 0.29) is 0 Å². The topological polar surface area (TPSA) is 9.23 Å². The first-order valence-corrected chi connectivity index (χ1v) is 7.34. The highest BCUT2D eigenvalue weighted by atomic mass is 28.4. The normalized spacial score (nSPS) is 61.5. The Morgan fingerprint density at radius 1 is 1.25 bits per heavy atom. The van der Waals surface area contributed by atoms with E-state index < -0.39 is 8.32 Å². The van der Waals surface area contributed by atoms with Crippen molar-refractivity contribution in [2.45, 2.75) is 55.1 Å². The molecule has 0 amide bonds. The first kappa shape index (κ1) is 7.57. The van der Waals surface area contributed by atoms with Gasteiger partial charge >= 0.3 is 0 Å². The van der Waals surface area contributed by atoms with E-state index in [1.54, 1.807) is 0 Å². The van der Waals surface area contributed by atoms with Crippen LogP contribution in [0.4, 0.5) is 0 Å². The van der Waals surface area contributed by atoms with Crippen LogP contribution in [0.1, 0.15) is 39.0 Å². The third kappa shape index (κ3) is 0.531. The van der Waals surface area contributed by atoms with E-state index in [1.165, 1.54) is 32.1 Å². The van der Waals surface area contributed by atoms with Gasteiger partial charge in [0.15, 0.2) is 0 Å². The standard InChI is InChI=1S/C10H18OSi/c1-10-6-8-4-3-5-9(7-10)12(8,10)11-2/h8-9H,3-7H2,1-2H3. The van der Waals surface area contributed by atoms with E-state index in [9.17, 15) is 0 Å². The van der Waals surface area contributed by atoms with Gasteiger partial charge in [0.05, 0.1) is 0 Å². The quantitative estimate of drug-likeness (QED) is 0.566. The van der Waals surface area contributed by atoms with E-state index in [0.717, 1.165) is 16.1 Å². The maximum atomic E-state index is 5.98. The summed E-state index contributed by atoms with van der Waals surface area (Å²) in [6.45, 7) is 2.49. The molecule has 0 aromatic rings. The highest BCUT2D eigenvalue weighted by molar-refractivity contribution is 6.85. The van der Waals surface area contributed by atoms with E-state index in [4.69, 9.17) is 4.43 Å². The predicted octanol–water partition coefficient (Wildman–Crippen LogP) is 3.07. The molecule has 3 aliphatic heterocycles. The second kappa shape index (κ2) is 1.98. The van der Waals surface area contributed by atoms with Crippen molar-refractivity contribution in [1.82, 2.24) is 0 Å². The molecule has 0 aromatic carbocycles. The molecule has 0 bridgehead atoms. The molecule has 68 valence electrons. The Balaban J connectivity index is 1.95. The molecule has 2 unspecified atom stereocenters. The van der Waals surface area contributed by atoms with Gasteiger partial charge in [0, 0.05) is 7.11 Å². The summed E-state index contributed by atoms with van der Waals surface area (Å²) in [6, 6.07) is 0. The molecule has 0 radical (unpaired) electrons. The fraction of sp³-hybridized carbons (Fsp3) is 1.00. The SMILES string of the molecule is CO[Si]12C3CCCC1CC2(C)C3. The molecule has 3 fully saturated rings. The molecule has 3 heterocycles. The second-order valence-electron chi connectivity index (χ2n) is 5.29. The van der Waals surface area contributed by atoms with Gasteiger partial charge in [-0.05, 0) is 29.0 Å². The molecule has 2 atom stereocenters. The van der Waals surface area contributed by atoms with Crippen molar-refractivity contribution < 1.29 is 4.43 Å².